The normalized spacial score (nSPS) is 10.2. The van der Waals surface area contributed by atoms with Gasteiger partial charge in [-0.25, -0.2) is 4.98 Å². The Balaban J connectivity index is 2.14. The van der Waals surface area contributed by atoms with E-state index in [1.807, 2.05) is 18.2 Å². The van der Waals surface area contributed by atoms with Crippen LogP contribution in [0.4, 0.5) is 0 Å². The summed E-state index contributed by atoms with van der Waals surface area (Å²) in [7, 11) is 0. The smallest absolute Gasteiger partial charge is 0.232 e. The van der Waals surface area contributed by atoms with Gasteiger partial charge in [0, 0.05) is 5.56 Å². The van der Waals surface area contributed by atoms with Crippen LogP contribution in [-0.4, -0.2) is 15.1 Å². The van der Waals surface area contributed by atoms with Gasteiger partial charge in [-0.15, -0.1) is 0 Å². The first-order valence-electron chi connectivity index (χ1n) is 6.80. The molecule has 2 rings (SSSR count). The van der Waals surface area contributed by atoms with Gasteiger partial charge in [0.25, 0.3) is 0 Å². The van der Waals surface area contributed by atoms with Crippen molar-refractivity contribution in [2.24, 2.45) is 0 Å². The number of hydrogen-bond acceptors (Lipinski definition) is 4. The Morgan fingerprint density at radius 3 is 2.55 bits per heavy atom. The van der Waals surface area contributed by atoms with Crippen LogP contribution < -0.4 is 0 Å². The van der Waals surface area contributed by atoms with E-state index >= 15 is 0 Å². The lowest BCUT2D eigenvalue weighted by molar-refractivity contribution is 0.451. The summed E-state index contributed by atoms with van der Waals surface area (Å²) in [6, 6.07) is 9.85. The van der Waals surface area contributed by atoms with Gasteiger partial charge in [0.05, 0.1) is 6.20 Å². The van der Waals surface area contributed by atoms with Gasteiger partial charge < -0.3 is 5.11 Å². The van der Waals surface area contributed by atoms with Crippen molar-refractivity contribution < 1.29 is 5.11 Å². The Bertz CT molecular complexity index is 615. The summed E-state index contributed by atoms with van der Waals surface area (Å²) in [5, 5.41) is 18.3. The molecule has 4 nitrogen and oxygen atoms in total. The molecule has 0 amide bonds. The molecule has 1 heterocycles. The zero-order chi connectivity index (χ0) is 14.4. The fraction of sp³-hybridized carbons (Fsp3) is 0.312. The van der Waals surface area contributed by atoms with Crippen LogP contribution in [0.15, 0.2) is 30.5 Å². The fourth-order valence-electron chi connectivity index (χ4n) is 1.99. The highest BCUT2D eigenvalue weighted by molar-refractivity contribution is 5.56. The van der Waals surface area contributed by atoms with E-state index in [-0.39, 0.29) is 11.4 Å². The van der Waals surface area contributed by atoms with Gasteiger partial charge in [-0.3, -0.25) is 0 Å². The van der Waals surface area contributed by atoms with Crippen molar-refractivity contribution >= 4 is 0 Å². The zero-order valence-electron chi connectivity index (χ0n) is 11.5. The molecule has 0 fully saturated rings. The minimum Gasteiger partial charge on any atom is -0.492 e. The molecule has 4 heteroatoms. The molecule has 20 heavy (non-hydrogen) atoms. The maximum atomic E-state index is 9.58. The lowest BCUT2D eigenvalue weighted by Gasteiger charge is -2.04. The predicted octanol–water partition coefficient (Wildman–Crippen LogP) is 3.45. The summed E-state index contributed by atoms with van der Waals surface area (Å²) in [6.07, 6.45) is 6.08. The lowest BCUT2D eigenvalue weighted by atomic mass is 10.1. The van der Waals surface area contributed by atoms with Crippen molar-refractivity contribution in [2.45, 2.75) is 32.6 Å². The third kappa shape index (κ3) is 3.33. The molecule has 1 N–H and O–H groups in total. The Kier molecular flexibility index (Phi) is 4.67. The van der Waals surface area contributed by atoms with Crippen molar-refractivity contribution in [3.63, 3.8) is 0 Å². The van der Waals surface area contributed by atoms with Gasteiger partial charge >= 0.3 is 0 Å². The molecule has 0 spiro atoms. The number of nitrogens with zero attached hydrogens (tertiary/aromatic N) is 3. The van der Waals surface area contributed by atoms with Crippen molar-refractivity contribution in [1.29, 1.82) is 5.26 Å². The van der Waals surface area contributed by atoms with Crippen LogP contribution in [0.1, 0.15) is 37.3 Å². The summed E-state index contributed by atoms with van der Waals surface area (Å²) >= 11 is 0. The summed E-state index contributed by atoms with van der Waals surface area (Å²) in [4.78, 5) is 8.03. The van der Waals surface area contributed by atoms with Crippen LogP contribution in [0, 0.1) is 11.3 Å². The van der Waals surface area contributed by atoms with Gasteiger partial charge in [0.1, 0.15) is 11.6 Å². The topological polar surface area (TPSA) is 69.8 Å². The largest absolute Gasteiger partial charge is 0.492 e. The molecule has 0 aliphatic rings. The molecule has 0 aliphatic carbocycles. The molecule has 0 saturated carbocycles. The van der Waals surface area contributed by atoms with Gasteiger partial charge in [0.15, 0.2) is 5.82 Å². The molecular weight excluding hydrogens is 250 g/mol. The molecule has 2 aromatic rings. The number of aryl methyl sites for hydroxylation is 1. The second kappa shape index (κ2) is 6.67. The van der Waals surface area contributed by atoms with Gasteiger partial charge in [-0.1, -0.05) is 44.0 Å². The summed E-state index contributed by atoms with van der Waals surface area (Å²) in [5.41, 5.74) is 2.22. The van der Waals surface area contributed by atoms with E-state index in [1.165, 1.54) is 31.0 Å². The van der Waals surface area contributed by atoms with Crippen LogP contribution in [0.3, 0.4) is 0 Å². The van der Waals surface area contributed by atoms with Crippen molar-refractivity contribution in [2.75, 3.05) is 0 Å². The van der Waals surface area contributed by atoms with Crippen LogP contribution >= 0.6 is 0 Å². The number of unbranched alkanes of at least 4 members (excludes halogenated alkanes) is 2. The number of aromatic hydroxyl groups is 1. The van der Waals surface area contributed by atoms with Crippen molar-refractivity contribution in [3.05, 3.63) is 41.6 Å². The molecule has 0 atom stereocenters. The molecule has 1 aromatic heterocycles. The van der Waals surface area contributed by atoms with Crippen LogP contribution in [0.2, 0.25) is 0 Å². The molecule has 0 radical (unpaired) electrons. The zero-order valence-corrected chi connectivity index (χ0v) is 11.5. The van der Waals surface area contributed by atoms with E-state index in [4.69, 9.17) is 5.26 Å². The number of hydrogen-bond donors (Lipinski definition) is 1. The SMILES string of the molecule is CCCCCc1ccc(-c2ncc(C#N)c(O)n2)cc1. The maximum Gasteiger partial charge on any atom is 0.232 e. The third-order valence-corrected chi connectivity index (χ3v) is 3.17. The van der Waals surface area contributed by atoms with E-state index in [2.05, 4.69) is 29.0 Å². The molecule has 0 unspecified atom stereocenters. The standard InChI is InChI=1S/C16H17N3O/c1-2-3-4-5-12-6-8-13(9-7-12)15-18-11-14(10-17)16(20)19-15/h6-9,11H,2-5H2,1H3,(H,18,19,20). The molecule has 0 saturated heterocycles. The van der Waals surface area contributed by atoms with E-state index in [0.29, 0.717) is 5.82 Å². The average Bonchev–Trinajstić information content (AvgIpc) is 2.48. The molecular formula is C16H17N3O. The minimum absolute atomic E-state index is 0.0879. The molecule has 0 bridgehead atoms. The molecule has 1 aromatic carbocycles. The first-order chi connectivity index (χ1) is 9.74. The first-order valence-corrected chi connectivity index (χ1v) is 6.80. The average molecular weight is 267 g/mol. The fourth-order valence-corrected chi connectivity index (χ4v) is 1.99. The number of aromatic nitrogens is 2. The number of nitriles is 1. The van der Waals surface area contributed by atoms with Gasteiger partial charge in [-0.05, 0) is 18.4 Å². The van der Waals surface area contributed by atoms with E-state index < -0.39 is 0 Å². The quantitative estimate of drug-likeness (QED) is 0.842. The minimum atomic E-state index is -0.274. The Morgan fingerprint density at radius 1 is 1.20 bits per heavy atom. The second-order valence-electron chi connectivity index (χ2n) is 4.70. The van der Waals surface area contributed by atoms with Crippen molar-refractivity contribution in [3.8, 4) is 23.3 Å². The highest BCUT2D eigenvalue weighted by Gasteiger charge is 2.07. The lowest BCUT2D eigenvalue weighted by Crippen LogP contribution is -1.92. The highest BCUT2D eigenvalue weighted by Crippen LogP contribution is 2.20. The van der Waals surface area contributed by atoms with Gasteiger partial charge in [0.2, 0.25) is 5.88 Å². The Morgan fingerprint density at radius 2 is 1.95 bits per heavy atom. The first kappa shape index (κ1) is 14.0. The van der Waals surface area contributed by atoms with E-state index in [0.717, 1.165) is 12.0 Å². The monoisotopic (exact) mass is 267 g/mol. The van der Waals surface area contributed by atoms with Crippen molar-refractivity contribution in [1.82, 2.24) is 9.97 Å². The third-order valence-electron chi connectivity index (χ3n) is 3.17. The summed E-state index contributed by atoms with van der Waals surface area (Å²) < 4.78 is 0. The van der Waals surface area contributed by atoms with Gasteiger partial charge in [-0.2, -0.15) is 10.2 Å². The maximum absolute atomic E-state index is 9.58. The molecule has 0 aliphatic heterocycles. The second-order valence-corrected chi connectivity index (χ2v) is 4.70. The number of benzene rings is 1. The summed E-state index contributed by atoms with van der Waals surface area (Å²) in [6.45, 7) is 2.19. The van der Waals surface area contributed by atoms with E-state index in [1.54, 1.807) is 0 Å². The summed E-state index contributed by atoms with van der Waals surface area (Å²) in [5.74, 6) is 0.158. The number of rotatable bonds is 5. The molecule has 102 valence electrons. The Labute approximate surface area is 118 Å². The van der Waals surface area contributed by atoms with Crippen LogP contribution in [-0.2, 0) is 6.42 Å². The van der Waals surface area contributed by atoms with Crippen LogP contribution in [0.5, 0.6) is 5.88 Å². The predicted molar refractivity (Wildman–Crippen MR) is 77.1 cm³/mol. The highest BCUT2D eigenvalue weighted by atomic mass is 16.3. The Hall–Kier alpha value is -2.41. The van der Waals surface area contributed by atoms with E-state index in [9.17, 15) is 5.11 Å². The van der Waals surface area contributed by atoms with Crippen LogP contribution in [0.25, 0.3) is 11.4 Å².